The number of aromatic amines is 1. The van der Waals surface area contributed by atoms with Crippen molar-refractivity contribution < 1.29 is 47.0 Å². The van der Waals surface area contributed by atoms with Crippen molar-refractivity contribution in [2.45, 2.75) is 12.3 Å². The van der Waals surface area contributed by atoms with Crippen LogP contribution in [0.5, 0.6) is 0 Å². The molecule has 0 bridgehead atoms. The van der Waals surface area contributed by atoms with E-state index in [1.165, 1.54) is 0 Å². The van der Waals surface area contributed by atoms with E-state index in [2.05, 4.69) is 8.83 Å². The Morgan fingerprint density at radius 1 is 1.20 bits per heavy atom. The first kappa shape index (κ1) is 21.3. The van der Waals surface area contributed by atoms with Crippen molar-refractivity contribution in [1.82, 2.24) is 9.55 Å². The van der Waals surface area contributed by atoms with Crippen LogP contribution in [-0.4, -0.2) is 49.5 Å². The Balaban J connectivity index is 2.83. The van der Waals surface area contributed by atoms with E-state index in [1.807, 2.05) is 4.98 Å². The van der Waals surface area contributed by atoms with E-state index >= 15 is 0 Å². The Bertz CT molecular complexity index is 824. The Hall–Kier alpha value is -1.76. The predicted molar refractivity (Wildman–Crippen MR) is 76.3 cm³/mol. The second-order valence-electron chi connectivity index (χ2n) is 4.19. The molecule has 0 amide bonds. The second-order valence-corrected chi connectivity index (χ2v) is 7.02. The summed E-state index contributed by atoms with van der Waals surface area (Å²) < 4.78 is 34.9. The van der Waals surface area contributed by atoms with E-state index in [0.717, 1.165) is 12.3 Å². The molecule has 0 fully saturated rings. The number of ether oxygens (including phenoxy) is 1. The van der Waals surface area contributed by atoms with Crippen LogP contribution in [-0.2, 0) is 32.3 Å². The van der Waals surface area contributed by atoms with Gasteiger partial charge in [-0.2, -0.15) is 4.31 Å². The molecule has 0 aliphatic rings. The standard InChI is InChI=1S/C9H12N2O12P2/c12-3-6(5-21-25(19,20)23-24(16,17)18)22-8(4-13)11-2-1-7(14)10-9(11)15/h1-4,6,8H,5H2,(H,19,20)(H,10,14,15)(H2,16,17,18)/t6-,8+/m0/s1. The predicted octanol–water partition coefficient (Wildman–Crippen LogP) is -1.96. The quantitative estimate of drug-likeness (QED) is 0.248. The molecule has 0 aliphatic carbocycles. The van der Waals surface area contributed by atoms with Crippen molar-refractivity contribution >= 4 is 28.2 Å². The van der Waals surface area contributed by atoms with Crippen LogP contribution in [0, 0.1) is 0 Å². The zero-order chi connectivity index (χ0) is 19.3. The van der Waals surface area contributed by atoms with Crippen LogP contribution in [0.25, 0.3) is 0 Å². The molecule has 0 spiro atoms. The van der Waals surface area contributed by atoms with Crippen molar-refractivity contribution in [2.24, 2.45) is 0 Å². The number of H-pyrrole nitrogens is 1. The Labute approximate surface area is 137 Å². The summed E-state index contributed by atoms with van der Waals surface area (Å²) in [4.78, 5) is 72.1. The van der Waals surface area contributed by atoms with Crippen molar-refractivity contribution in [3.63, 3.8) is 0 Å². The van der Waals surface area contributed by atoms with Gasteiger partial charge in [0.2, 0.25) is 0 Å². The highest BCUT2D eigenvalue weighted by atomic mass is 31.3. The van der Waals surface area contributed by atoms with Crippen LogP contribution in [0.4, 0.5) is 0 Å². The van der Waals surface area contributed by atoms with E-state index in [0.29, 0.717) is 4.57 Å². The van der Waals surface area contributed by atoms with Gasteiger partial charge in [-0.3, -0.25) is 23.7 Å². The molecule has 1 aromatic heterocycles. The third-order valence-electron chi connectivity index (χ3n) is 2.32. The molecule has 1 heterocycles. The first-order valence-corrected chi connectivity index (χ1v) is 9.12. The fourth-order valence-electron chi connectivity index (χ4n) is 1.41. The summed E-state index contributed by atoms with van der Waals surface area (Å²) >= 11 is 0. The van der Waals surface area contributed by atoms with Crippen LogP contribution in [0.15, 0.2) is 21.9 Å². The Morgan fingerprint density at radius 2 is 1.84 bits per heavy atom. The van der Waals surface area contributed by atoms with Crippen molar-refractivity contribution in [1.29, 1.82) is 0 Å². The lowest BCUT2D eigenvalue weighted by Gasteiger charge is -2.19. The van der Waals surface area contributed by atoms with Gasteiger partial charge in [0.05, 0.1) is 6.61 Å². The lowest BCUT2D eigenvalue weighted by atomic mass is 10.4. The van der Waals surface area contributed by atoms with Crippen LogP contribution in [0.2, 0.25) is 0 Å². The SMILES string of the molecule is O=C[C@@H](COP(=O)(O)OP(=O)(O)O)O[C@H](C=O)n1ccc(=O)[nH]c1=O. The summed E-state index contributed by atoms with van der Waals surface area (Å²) in [5.74, 6) is 0. The van der Waals surface area contributed by atoms with E-state index in [9.17, 15) is 28.3 Å². The van der Waals surface area contributed by atoms with Gasteiger partial charge in [0.15, 0.2) is 18.8 Å². The number of nitrogens with one attached hydrogen (secondary N) is 1. The van der Waals surface area contributed by atoms with Crippen LogP contribution < -0.4 is 11.2 Å². The number of aldehydes is 2. The number of rotatable bonds is 10. The summed E-state index contributed by atoms with van der Waals surface area (Å²) in [5, 5.41) is 0. The molecule has 25 heavy (non-hydrogen) atoms. The maximum absolute atomic E-state index is 11.5. The normalized spacial score (nSPS) is 16.6. The first-order chi connectivity index (χ1) is 11.5. The van der Waals surface area contributed by atoms with Gasteiger partial charge in [-0.05, 0) is 0 Å². The number of carbonyl (C=O) groups excluding carboxylic acids is 2. The summed E-state index contributed by atoms with van der Waals surface area (Å²) in [6.45, 7) is -1.04. The molecule has 0 aliphatic heterocycles. The molecule has 0 saturated heterocycles. The molecule has 16 heteroatoms. The molecule has 1 unspecified atom stereocenters. The minimum absolute atomic E-state index is 0.0324. The van der Waals surface area contributed by atoms with Gasteiger partial charge in [0.1, 0.15) is 6.10 Å². The summed E-state index contributed by atoms with van der Waals surface area (Å²) in [6, 6.07) is 0.892. The minimum Gasteiger partial charge on any atom is -0.338 e. The van der Waals surface area contributed by atoms with E-state index in [-0.39, 0.29) is 12.6 Å². The van der Waals surface area contributed by atoms with Crippen molar-refractivity contribution in [2.75, 3.05) is 6.61 Å². The third-order valence-corrected chi connectivity index (χ3v) is 4.47. The second kappa shape index (κ2) is 8.56. The monoisotopic (exact) mass is 402 g/mol. The highest BCUT2D eigenvalue weighted by molar-refractivity contribution is 7.60. The number of hydrogen-bond acceptors (Lipinski definition) is 9. The minimum atomic E-state index is -5.35. The van der Waals surface area contributed by atoms with Crippen LogP contribution >= 0.6 is 15.6 Å². The summed E-state index contributed by atoms with van der Waals surface area (Å²) in [5.41, 5.74) is -1.79. The first-order valence-electron chi connectivity index (χ1n) is 6.09. The van der Waals surface area contributed by atoms with Crippen molar-refractivity contribution in [3.05, 3.63) is 33.1 Å². The topological polar surface area (TPSA) is 212 Å². The number of phosphoric ester groups is 1. The number of carbonyl (C=O) groups is 2. The van der Waals surface area contributed by atoms with Crippen LogP contribution in [0.1, 0.15) is 6.23 Å². The molecule has 1 aromatic rings. The summed E-state index contributed by atoms with van der Waals surface area (Å²) in [7, 11) is -10.6. The average molecular weight is 402 g/mol. The van der Waals surface area contributed by atoms with Gasteiger partial charge in [-0.15, -0.1) is 0 Å². The van der Waals surface area contributed by atoms with E-state index in [4.69, 9.17) is 19.4 Å². The van der Waals surface area contributed by atoms with E-state index in [1.54, 1.807) is 0 Å². The van der Waals surface area contributed by atoms with Gasteiger partial charge in [0.25, 0.3) is 5.56 Å². The zero-order valence-corrected chi connectivity index (χ0v) is 13.8. The van der Waals surface area contributed by atoms with Gasteiger partial charge in [-0.1, -0.05) is 0 Å². The van der Waals surface area contributed by atoms with Gasteiger partial charge < -0.3 is 24.2 Å². The molecular formula is C9H12N2O12P2. The molecule has 3 atom stereocenters. The Kier molecular flexibility index (Phi) is 7.29. The highest BCUT2D eigenvalue weighted by Gasteiger charge is 2.33. The summed E-state index contributed by atoms with van der Waals surface area (Å²) in [6.07, 6.45) is -2.39. The maximum atomic E-state index is 11.5. The number of phosphoric acid groups is 2. The Morgan fingerprint density at radius 3 is 2.32 bits per heavy atom. The number of nitrogens with zero attached hydrogens (tertiary/aromatic N) is 1. The molecule has 0 aromatic carbocycles. The lowest BCUT2D eigenvalue weighted by Crippen LogP contribution is -2.36. The van der Waals surface area contributed by atoms with E-state index < -0.39 is 45.8 Å². The highest BCUT2D eigenvalue weighted by Crippen LogP contribution is 2.57. The van der Waals surface area contributed by atoms with Gasteiger partial charge >= 0.3 is 21.3 Å². The molecule has 0 saturated carbocycles. The van der Waals surface area contributed by atoms with Gasteiger partial charge in [0, 0.05) is 12.3 Å². The van der Waals surface area contributed by atoms with Gasteiger partial charge in [-0.25, -0.2) is 13.9 Å². The number of aromatic nitrogens is 2. The molecule has 1 rings (SSSR count). The number of hydrogen-bond donors (Lipinski definition) is 4. The third kappa shape index (κ3) is 7.34. The molecule has 14 nitrogen and oxygen atoms in total. The lowest BCUT2D eigenvalue weighted by molar-refractivity contribution is -0.139. The maximum Gasteiger partial charge on any atom is 0.481 e. The van der Waals surface area contributed by atoms with Crippen LogP contribution in [0.3, 0.4) is 0 Å². The molecule has 140 valence electrons. The molecule has 0 radical (unpaired) electrons. The fraction of sp³-hybridized carbons (Fsp3) is 0.333. The molecule has 4 N–H and O–H groups in total. The average Bonchev–Trinajstić information content (AvgIpc) is 2.46. The zero-order valence-electron chi connectivity index (χ0n) is 12.0. The smallest absolute Gasteiger partial charge is 0.338 e. The largest absolute Gasteiger partial charge is 0.481 e. The van der Waals surface area contributed by atoms with Crippen molar-refractivity contribution in [3.8, 4) is 0 Å². The fourth-order valence-corrected chi connectivity index (χ4v) is 3.01. The molecular weight excluding hydrogens is 390 g/mol.